The van der Waals surface area contributed by atoms with Gasteiger partial charge in [0.05, 0.1) is 11.9 Å². The quantitative estimate of drug-likeness (QED) is 0.888. The van der Waals surface area contributed by atoms with Gasteiger partial charge in [-0.2, -0.15) is 10.2 Å². The van der Waals surface area contributed by atoms with Gasteiger partial charge in [-0.1, -0.05) is 0 Å². The van der Waals surface area contributed by atoms with E-state index in [0.29, 0.717) is 0 Å². The second kappa shape index (κ2) is 4.94. The molecule has 0 aliphatic rings. The number of rotatable bonds is 4. The minimum atomic E-state index is 0.0407. The standard InChI is InChI=1S/C13H21N5/c1-9-13(10(2)18(4)16-9)12(14)6-5-11-7-15-17(3)8-11/h7-8,12H,5-6,14H2,1-4H3. The molecule has 5 heteroatoms. The molecule has 0 amide bonds. The highest BCUT2D eigenvalue weighted by atomic mass is 15.3. The third-order valence-corrected chi connectivity index (χ3v) is 3.44. The molecule has 98 valence electrons. The van der Waals surface area contributed by atoms with Gasteiger partial charge in [0, 0.05) is 37.6 Å². The minimum absolute atomic E-state index is 0.0407. The molecular formula is C13H21N5. The van der Waals surface area contributed by atoms with Crippen LogP contribution in [0.15, 0.2) is 12.4 Å². The van der Waals surface area contributed by atoms with Gasteiger partial charge >= 0.3 is 0 Å². The molecule has 0 saturated heterocycles. The van der Waals surface area contributed by atoms with Gasteiger partial charge in [0.1, 0.15) is 0 Å². The Morgan fingerprint density at radius 1 is 1.33 bits per heavy atom. The zero-order valence-corrected chi connectivity index (χ0v) is 11.5. The molecule has 2 N–H and O–H groups in total. The summed E-state index contributed by atoms with van der Waals surface area (Å²) in [6.07, 6.45) is 5.80. The smallest absolute Gasteiger partial charge is 0.0644 e. The van der Waals surface area contributed by atoms with Crippen molar-refractivity contribution in [3.05, 3.63) is 34.9 Å². The Hall–Kier alpha value is -1.62. The first-order chi connectivity index (χ1) is 8.49. The van der Waals surface area contributed by atoms with Crippen molar-refractivity contribution in [1.29, 1.82) is 0 Å². The SMILES string of the molecule is Cc1nn(C)c(C)c1C(N)CCc1cnn(C)c1. The van der Waals surface area contributed by atoms with Crippen molar-refractivity contribution in [1.82, 2.24) is 19.6 Å². The molecule has 0 aromatic carbocycles. The minimum Gasteiger partial charge on any atom is -0.324 e. The molecule has 2 aromatic heterocycles. The van der Waals surface area contributed by atoms with Gasteiger partial charge in [-0.3, -0.25) is 9.36 Å². The highest BCUT2D eigenvalue weighted by Gasteiger charge is 2.16. The van der Waals surface area contributed by atoms with E-state index in [9.17, 15) is 0 Å². The van der Waals surface area contributed by atoms with Crippen LogP contribution in [0.4, 0.5) is 0 Å². The second-order valence-corrected chi connectivity index (χ2v) is 4.88. The van der Waals surface area contributed by atoms with E-state index in [1.54, 1.807) is 0 Å². The fourth-order valence-electron chi connectivity index (χ4n) is 2.39. The Labute approximate surface area is 108 Å². The van der Waals surface area contributed by atoms with Crippen molar-refractivity contribution in [2.75, 3.05) is 0 Å². The Morgan fingerprint density at radius 3 is 2.56 bits per heavy atom. The van der Waals surface area contributed by atoms with Crippen LogP contribution in [0.1, 0.15) is 35.0 Å². The van der Waals surface area contributed by atoms with Gasteiger partial charge in [0.2, 0.25) is 0 Å². The van der Waals surface area contributed by atoms with Gasteiger partial charge in [0.25, 0.3) is 0 Å². The fraction of sp³-hybridized carbons (Fsp3) is 0.538. The lowest BCUT2D eigenvalue weighted by Crippen LogP contribution is -2.13. The van der Waals surface area contributed by atoms with Crippen LogP contribution in [0.5, 0.6) is 0 Å². The number of nitrogens with two attached hydrogens (primary N) is 1. The summed E-state index contributed by atoms with van der Waals surface area (Å²) < 4.78 is 3.72. The maximum atomic E-state index is 6.28. The lowest BCUT2D eigenvalue weighted by molar-refractivity contribution is 0.641. The van der Waals surface area contributed by atoms with E-state index in [1.165, 1.54) is 11.1 Å². The number of aryl methyl sites for hydroxylation is 4. The molecule has 1 atom stereocenters. The van der Waals surface area contributed by atoms with Crippen molar-refractivity contribution in [3.63, 3.8) is 0 Å². The zero-order chi connectivity index (χ0) is 13.3. The van der Waals surface area contributed by atoms with Crippen LogP contribution in [-0.2, 0) is 20.5 Å². The van der Waals surface area contributed by atoms with E-state index in [0.717, 1.165) is 24.2 Å². The summed E-state index contributed by atoms with van der Waals surface area (Å²) in [5.41, 5.74) is 10.9. The van der Waals surface area contributed by atoms with E-state index >= 15 is 0 Å². The fourth-order valence-corrected chi connectivity index (χ4v) is 2.39. The largest absolute Gasteiger partial charge is 0.324 e. The van der Waals surface area contributed by atoms with E-state index in [-0.39, 0.29) is 6.04 Å². The van der Waals surface area contributed by atoms with Crippen molar-refractivity contribution < 1.29 is 0 Å². The average molecular weight is 247 g/mol. The Kier molecular flexibility index (Phi) is 3.52. The van der Waals surface area contributed by atoms with E-state index in [4.69, 9.17) is 5.73 Å². The average Bonchev–Trinajstić information content (AvgIpc) is 2.82. The molecule has 18 heavy (non-hydrogen) atoms. The first-order valence-corrected chi connectivity index (χ1v) is 6.22. The summed E-state index contributed by atoms with van der Waals surface area (Å²) in [5, 5.41) is 8.58. The van der Waals surface area contributed by atoms with E-state index in [2.05, 4.69) is 17.1 Å². The maximum Gasteiger partial charge on any atom is 0.0644 e. The molecule has 0 fully saturated rings. The summed E-state index contributed by atoms with van der Waals surface area (Å²) in [5.74, 6) is 0. The predicted molar refractivity (Wildman–Crippen MR) is 71.1 cm³/mol. The maximum absolute atomic E-state index is 6.28. The number of nitrogens with zero attached hydrogens (tertiary/aromatic N) is 4. The van der Waals surface area contributed by atoms with Crippen molar-refractivity contribution in [2.45, 2.75) is 32.7 Å². The first-order valence-electron chi connectivity index (χ1n) is 6.22. The molecule has 2 aromatic rings. The molecule has 0 aliphatic heterocycles. The topological polar surface area (TPSA) is 61.7 Å². The monoisotopic (exact) mass is 247 g/mol. The molecule has 0 radical (unpaired) electrons. The van der Waals surface area contributed by atoms with Gasteiger partial charge in [-0.25, -0.2) is 0 Å². The van der Waals surface area contributed by atoms with Gasteiger partial charge in [0.15, 0.2) is 0 Å². The van der Waals surface area contributed by atoms with Gasteiger partial charge < -0.3 is 5.73 Å². The summed E-state index contributed by atoms with van der Waals surface area (Å²) in [6.45, 7) is 4.09. The molecule has 5 nitrogen and oxygen atoms in total. The van der Waals surface area contributed by atoms with E-state index < -0.39 is 0 Å². The molecule has 0 spiro atoms. The Morgan fingerprint density at radius 2 is 2.06 bits per heavy atom. The third kappa shape index (κ3) is 2.46. The van der Waals surface area contributed by atoms with Crippen LogP contribution in [-0.4, -0.2) is 19.6 Å². The zero-order valence-electron chi connectivity index (χ0n) is 11.5. The highest BCUT2D eigenvalue weighted by molar-refractivity contribution is 5.28. The predicted octanol–water partition coefficient (Wildman–Crippen LogP) is 1.40. The summed E-state index contributed by atoms with van der Waals surface area (Å²) in [4.78, 5) is 0. The van der Waals surface area contributed by atoms with Crippen molar-refractivity contribution >= 4 is 0 Å². The molecule has 1 unspecified atom stereocenters. The van der Waals surface area contributed by atoms with Crippen LogP contribution in [0, 0.1) is 13.8 Å². The normalized spacial score (nSPS) is 12.9. The van der Waals surface area contributed by atoms with Crippen LogP contribution >= 0.6 is 0 Å². The number of aromatic nitrogens is 4. The van der Waals surface area contributed by atoms with Crippen molar-refractivity contribution in [2.24, 2.45) is 19.8 Å². The van der Waals surface area contributed by atoms with Crippen LogP contribution in [0.3, 0.4) is 0 Å². The second-order valence-electron chi connectivity index (χ2n) is 4.88. The molecule has 2 rings (SSSR count). The van der Waals surface area contributed by atoms with Crippen LogP contribution in [0.2, 0.25) is 0 Å². The number of hydrogen-bond acceptors (Lipinski definition) is 3. The molecule has 0 aliphatic carbocycles. The Bertz CT molecular complexity index is 538. The molecule has 0 bridgehead atoms. The summed E-state index contributed by atoms with van der Waals surface area (Å²) in [6, 6.07) is 0.0407. The number of hydrogen-bond donors (Lipinski definition) is 1. The molecular weight excluding hydrogens is 226 g/mol. The van der Waals surface area contributed by atoms with Gasteiger partial charge in [-0.15, -0.1) is 0 Å². The summed E-state index contributed by atoms with van der Waals surface area (Å²) >= 11 is 0. The highest BCUT2D eigenvalue weighted by Crippen LogP contribution is 2.23. The van der Waals surface area contributed by atoms with Gasteiger partial charge in [-0.05, 0) is 32.3 Å². The first kappa shape index (κ1) is 12.8. The Balaban J connectivity index is 2.05. The lowest BCUT2D eigenvalue weighted by atomic mass is 9.99. The van der Waals surface area contributed by atoms with Crippen molar-refractivity contribution in [3.8, 4) is 0 Å². The van der Waals surface area contributed by atoms with E-state index in [1.807, 2.05) is 42.8 Å². The lowest BCUT2D eigenvalue weighted by Gasteiger charge is -2.11. The molecule has 2 heterocycles. The van der Waals surface area contributed by atoms with Crippen LogP contribution < -0.4 is 5.73 Å². The van der Waals surface area contributed by atoms with Crippen LogP contribution in [0.25, 0.3) is 0 Å². The molecule has 0 saturated carbocycles. The third-order valence-electron chi connectivity index (χ3n) is 3.44. The summed E-state index contributed by atoms with van der Waals surface area (Å²) in [7, 11) is 3.89.